The molecule has 0 spiro atoms. The number of rotatable bonds is 6. The zero-order valence-electron chi connectivity index (χ0n) is 12.2. The van der Waals surface area contributed by atoms with Gasteiger partial charge in [-0.15, -0.1) is 0 Å². The van der Waals surface area contributed by atoms with E-state index < -0.39 is 0 Å². The highest BCUT2D eigenvalue weighted by molar-refractivity contribution is 7.17. The lowest BCUT2D eigenvalue weighted by Crippen LogP contribution is -2.26. The number of carbonyl (C=O) groups is 1. The number of aldehydes is 1. The lowest BCUT2D eigenvalue weighted by Gasteiger charge is -2.21. The molecule has 0 N–H and O–H groups in total. The van der Waals surface area contributed by atoms with Gasteiger partial charge in [0.1, 0.15) is 0 Å². The molecule has 2 aromatic rings. The average Bonchev–Trinajstić information content (AvgIpc) is 2.89. The summed E-state index contributed by atoms with van der Waals surface area (Å²) in [7, 11) is 0. The van der Waals surface area contributed by atoms with Crippen molar-refractivity contribution in [1.82, 2.24) is 4.98 Å². The summed E-state index contributed by atoms with van der Waals surface area (Å²) < 4.78 is 0. The number of anilines is 1. The van der Waals surface area contributed by atoms with E-state index in [1.54, 1.807) is 0 Å². The van der Waals surface area contributed by atoms with Gasteiger partial charge in [-0.05, 0) is 12.8 Å². The van der Waals surface area contributed by atoms with Crippen LogP contribution in [0.5, 0.6) is 0 Å². The molecule has 0 unspecified atom stereocenters. The van der Waals surface area contributed by atoms with Gasteiger partial charge in [0.05, 0.1) is 10.6 Å². The van der Waals surface area contributed by atoms with Gasteiger partial charge in [0, 0.05) is 18.7 Å². The Hall–Kier alpha value is -1.68. The number of nitrogens with zero attached hydrogens (tertiary/aromatic N) is 2. The molecule has 20 heavy (non-hydrogen) atoms. The fraction of sp³-hybridized carbons (Fsp3) is 0.375. The van der Waals surface area contributed by atoms with Crippen LogP contribution in [-0.4, -0.2) is 24.4 Å². The largest absolute Gasteiger partial charge is 0.348 e. The Balaban J connectivity index is 2.38. The van der Waals surface area contributed by atoms with Crippen LogP contribution in [-0.2, 0) is 0 Å². The number of hydrogen-bond acceptors (Lipinski definition) is 4. The minimum atomic E-state index is 0.568. The fourth-order valence-corrected chi connectivity index (χ4v) is 3.10. The molecule has 0 radical (unpaired) electrons. The van der Waals surface area contributed by atoms with Gasteiger partial charge in [0.2, 0.25) is 0 Å². The van der Waals surface area contributed by atoms with Crippen molar-refractivity contribution < 1.29 is 4.79 Å². The number of hydrogen-bond donors (Lipinski definition) is 0. The maximum Gasteiger partial charge on any atom is 0.186 e. The maximum absolute atomic E-state index is 11.3. The minimum Gasteiger partial charge on any atom is -0.348 e. The van der Waals surface area contributed by atoms with Gasteiger partial charge in [0.25, 0.3) is 0 Å². The van der Waals surface area contributed by atoms with Gasteiger partial charge in [-0.2, -0.15) is 0 Å². The number of benzene rings is 1. The van der Waals surface area contributed by atoms with Crippen LogP contribution in [0.2, 0.25) is 0 Å². The number of thiazole rings is 1. The van der Waals surface area contributed by atoms with E-state index in [1.807, 2.05) is 30.3 Å². The van der Waals surface area contributed by atoms with Crippen LogP contribution in [0.15, 0.2) is 30.3 Å². The molecule has 0 saturated carbocycles. The molecule has 1 heterocycles. The van der Waals surface area contributed by atoms with Crippen LogP contribution < -0.4 is 4.90 Å². The Kier molecular flexibility index (Phi) is 4.90. The molecule has 0 fully saturated rings. The van der Waals surface area contributed by atoms with Crippen LogP contribution in [0.4, 0.5) is 5.13 Å². The molecule has 106 valence electrons. The Morgan fingerprint density at radius 2 is 2.00 bits per heavy atom. The molecule has 1 aromatic carbocycles. The van der Waals surface area contributed by atoms with E-state index in [2.05, 4.69) is 30.7 Å². The van der Waals surface area contributed by atoms with Gasteiger partial charge in [-0.1, -0.05) is 55.5 Å². The monoisotopic (exact) mass is 288 g/mol. The second kappa shape index (κ2) is 6.66. The molecule has 0 aliphatic carbocycles. The smallest absolute Gasteiger partial charge is 0.186 e. The zero-order chi connectivity index (χ0) is 14.5. The summed E-state index contributed by atoms with van der Waals surface area (Å²) in [5.41, 5.74) is 1.79. The molecule has 0 atom stereocenters. The first-order chi connectivity index (χ1) is 9.65. The average molecular weight is 288 g/mol. The third-order valence-corrected chi connectivity index (χ3v) is 4.08. The molecular formula is C16H20N2OS. The minimum absolute atomic E-state index is 0.568. The molecule has 2 rings (SSSR count). The van der Waals surface area contributed by atoms with Crippen molar-refractivity contribution in [3.63, 3.8) is 0 Å². The lowest BCUT2D eigenvalue weighted by atomic mass is 10.1. The molecule has 1 aromatic heterocycles. The van der Waals surface area contributed by atoms with E-state index in [0.29, 0.717) is 10.8 Å². The van der Waals surface area contributed by atoms with E-state index in [0.717, 1.165) is 35.8 Å². The first-order valence-corrected chi connectivity index (χ1v) is 7.73. The summed E-state index contributed by atoms with van der Waals surface area (Å²) in [6.45, 7) is 8.35. The Bertz CT molecular complexity index is 563. The van der Waals surface area contributed by atoms with Crippen molar-refractivity contribution in [3.05, 3.63) is 35.2 Å². The Morgan fingerprint density at radius 3 is 2.55 bits per heavy atom. The molecule has 0 amide bonds. The molecule has 3 nitrogen and oxygen atoms in total. The first-order valence-electron chi connectivity index (χ1n) is 6.92. The third kappa shape index (κ3) is 3.25. The Morgan fingerprint density at radius 1 is 1.30 bits per heavy atom. The van der Waals surface area contributed by atoms with E-state index in [4.69, 9.17) is 0 Å². The highest BCUT2D eigenvalue weighted by Crippen LogP contribution is 2.32. The summed E-state index contributed by atoms with van der Waals surface area (Å²) >= 11 is 1.48. The van der Waals surface area contributed by atoms with Crippen LogP contribution in [0.1, 0.15) is 30.4 Å². The molecule has 0 bridgehead atoms. The first kappa shape index (κ1) is 14.7. The van der Waals surface area contributed by atoms with Crippen molar-refractivity contribution >= 4 is 22.8 Å². The second-order valence-electron chi connectivity index (χ2n) is 5.13. The van der Waals surface area contributed by atoms with Gasteiger partial charge in [-0.25, -0.2) is 4.98 Å². The summed E-state index contributed by atoms with van der Waals surface area (Å²) in [5.74, 6) is 0.568. The van der Waals surface area contributed by atoms with Crippen molar-refractivity contribution in [2.45, 2.75) is 20.8 Å². The normalized spacial score (nSPS) is 10.8. The molecule has 0 saturated heterocycles. The van der Waals surface area contributed by atoms with Crippen molar-refractivity contribution in [2.75, 3.05) is 18.0 Å². The van der Waals surface area contributed by atoms with Crippen LogP contribution >= 0.6 is 11.3 Å². The fourth-order valence-electron chi connectivity index (χ4n) is 2.12. The van der Waals surface area contributed by atoms with Crippen LogP contribution in [0.3, 0.4) is 0 Å². The van der Waals surface area contributed by atoms with Crippen LogP contribution in [0.25, 0.3) is 11.3 Å². The second-order valence-corrected chi connectivity index (χ2v) is 6.13. The molecule has 0 aliphatic rings. The topological polar surface area (TPSA) is 33.2 Å². The van der Waals surface area contributed by atoms with E-state index in [-0.39, 0.29) is 0 Å². The summed E-state index contributed by atoms with van der Waals surface area (Å²) in [5, 5.41) is 0.933. The van der Waals surface area contributed by atoms with Gasteiger partial charge < -0.3 is 4.90 Å². The van der Waals surface area contributed by atoms with E-state index in [1.165, 1.54) is 11.3 Å². The predicted molar refractivity (Wildman–Crippen MR) is 85.7 cm³/mol. The van der Waals surface area contributed by atoms with E-state index in [9.17, 15) is 4.79 Å². The molecule has 4 heteroatoms. The van der Waals surface area contributed by atoms with E-state index >= 15 is 0 Å². The van der Waals surface area contributed by atoms with Crippen LogP contribution in [0, 0.1) is 5.92 Å². The molecular weight excluding hydrogens is 268 g/mol. The van der Waals surface area contributed by atoms with Gasteiger partial charge >= 0.3 is 0 Å². The summed E-state index contributed by atoms with van der Waals surface area (Å²) in [4.78, 5) is 18.9. The van der Waals surface area contributed by atoms with Crippen molar-refractivity contribution in [3.8, 4) is 11.3 Å². The highest BCUT2D eigenvalue weighted by atomic mass is 32.1. The van der Waals surface area contributed by atoms with Gasteiger partial charge in [0.15, 0.2) is 11.4 Å². The Labute approximate surface area is 124 Å². The number of aromatic nitrogens is 1. The SMILES string of the molecule is CCN(CC(C)C)c1nc(-c2ccccc2)c(C=O)s1. The summed E-state index contributed by atoms with van der Waals surface area (Å²) in [6.07, 6.45) is 0.909. The number of carbonyl (C=O) groups excluding carboxylic acids is 1. The van der Waals surface area contributed by atoms with Crippen molar-refractivity contribution in [2.24, 2.45) is 5.92 Å². The maximum atomic E-state index is 11.3. The third-order valence-electron chi connectivity index (χ3n) is 3.03. The standard InChI is InChI=1S/C16H20N2OS/c1-4-18(10-12(2)3)16-17-15(14(11-19)20-16)13-8-6-5-7-9-13/h5-9,11-12H,4,10H2,1-3H3. The predicted octanol–water partition coefficient (Wildman–Crippen LogP) is 4.10. The summed E-state index contributed by atoms with van der Waals surface area (Å²) in [6, 6.07) is 9.88. The van der Waals surface area contributed by atoms with Crippen molar-refractivity contribution in [1.29, 1.82) is 0 Å². The quantitative estimate of drug-likeness (QED) is 0.750. The van der Waals surface area contributed by atoms with Gasteiger partial charge in [-0.3, -0.25) is 4.79 Å². The molecule has 0 aliphatic heterocycles. The lowest BCUT2D eigenvalue weighted by molar-refractivity contribution is 0.112. The zero-order valence-corrected chi connectivity index (χ0v) is 13.0. The highest BCUT2D eigenvalue weighted by Gasteiger charge is 2.16.